The highest BCUT2D eigenvalue weighted by atomic mass is 79.9. The quantitative estimate of drug-likeness (QED) is 0.520. The largest absolute Gasteiger partial charge is 0.257 e. The summed E-state index contributed by atoms with van der Waals surface area (Å²) in [6, 6.07) is 14.6. The number of hydrogen-bond acceptors (Lipinski definition) is 1. The van der Waals surface area contributed by atoms with Crippen LogP contribution in [0.5, 0.6) is 0 Å². The summed E-state index contributed by atoms with van der Waals surface area (Å²) in [5, 5.41) is 1.03. The van der Waals surface area contributed by atoms with Crippen LogP contribution in [-0.4, -0.2) is 14.9 Å². The first-order chi connectivity index (χ1) is 9.88. The fourth-order valence-electron chi connectivity index (χ4n) is 2.44. The zero-order chi connectivity index (χ0) is 13.8. The highest BCUT2D eigenvalue weighted by Crippen LogP contribution is 2.12. The Hall–Kier alpha value is -1.68. The number of aromatic nitrogens is 3. The molecular formula is C16H17BrN3+. The van der Waals surface area contributed by atoms with Crippen LogP contribution in [0.2, 0.25) is 0 Å². The summed E-state index contributed by atoms with van der Waals surface area (Å²) in [4.78, 5) is 4.41. The van der Waals surface area contributed by atoms with E-state index in [2.05, 4.69) is 66.7 Å². The molecule has 0 radical (unpaired) electrons. The molecule has 0 amide bonds. The van der Waals surface area contributed by atoms with Crippen LogP contribution in [0.15, 0.2) is 55.0 Å². The van der Waals surface area contributed by atoms with Crippen molar-refractivity contribution >= 4 is 27.0 Å². The number of pyridine rings is 1. The smallest absolute Gasteiger partial charge is 0.245 e. The Kier molecular flexibility index (Phi) is 4.11. The van der Waals surface area contributed by atoms with Crippen LogP contribution in [0.25, 0.3) is 11.0 Å². The molecule has 0 fully saturated rings. The molecule has 0 aliphatic carbocycles. The maximum atomic E-state index is 4.41. The second-order valence-electron chi connectivity index (χ2n) is 4.79. The van der Waals surface area contributed by atoms with Gasteiger partial charge < -0.3 is 0 Å². The molecular weight excluding hydrogens is 314 g/mol. The zero-order valence-electron chi connectivity index (χ0n) is 11.2. The Morgan fingerprint density at radius 1 is 1.10 bits per heavy atom. The standard InChI is InChI=1S/C16H17BrN3/c17-9-5-11-19-13-20(12-14-6-3-4-10-18-14)16-8-2-1-7-15(16)19/h1-4,6-8,10,13H,5,9,11-12H2/q+1. The van der Waals surface area contributed by atoms with Gasteiger partial charge in [0.05, 0.1) is 12.2 Å². The number of para-hydroxylation sites is 2. The Bertz CT molecular complexity index is 691. The molecule has 3 aromatic rings. The fraction of sp³-hybridized carbons (Fsp3) is 0.250. The SMILES string of the molecule is BrCCCn1c[n+](Cc2ccccn2)c2ccccc21. The molecule has 0 N–H and O–H groups in total. The van der Waals surface area contributed by atoms with Crippen LogP contribution in [0.4, 0.5) is 0 Å². The Labute approximate surface area is 127 Å². The molecule has 0 bridgehead atoms. The minimum absolute atomic E-state index is 0.808. The third-order valence-corrected chi connectivity index (χ3v) is 3.93. The van der Waals surface area contributed by atoms with Crippen molar-refractivity contribution in [3.63, 3.8) is 0 Å². The van der Waals surface area contributed by atoms with Crippen molar-refractivity contribution in [3.05, 3.63) is 60.7 Å². The van der Waals surface area contributed by atoms with Crippen molar-refractivity contribution < 1.29 is 4.57 Å². The van der Waals surface area contributed by atoms with E-state index in [1.165, 1.54) is 11.0 Å². The van der Waals surface area contributed by atoms with E-state index in [-0.39, 0.29) is 0 Å². The van der Waals surface area contributed by atoms with E-state index >= 15 is 0 Å². The summed E-state index contributed by atoms with van der Waals surface area (Å²) >= 11 is 3.50. The van der Waals surface area contributed by atoms with Gasteiger partial charge in [-0.05, 0) is 30.7 Å². The number of imidazole rings is 1. The molecule has 0 spiro atoms. The minimum atomic E-state index is 0.808. The van der Waals surface area contributed by atoms with Gasteiger partial charge in [0.1, 0.15) is 6.54 Å². The zero-order valence-corrected chi connectivity index (χ0v) is 12.8. The van der Waals surface area contributed by atoms with E-state index in [4.69, 9.17) is 0 Å². The number of halogens is 1. The molecule has 4 heteroatoms. The first-order valence-electron chi connectivity index (χ1n) is 6.81. The summed E-state index contributed by atoms with van der Waals surface area (Å²) in [6.07, 6.45) is 5.17. The lowest BCUT2D eigenvalue weighted by Gasteiger charge is -1.97. The highest BCUT2D eigenvalue weighted by Gasteiger charge is 2.15. The molecule has 2 aromatic heterocycles. The van der Waals surface area contributed by atoms with E-state index in [9.17, 15) is 0 Å². The molecule has 2 heterocycles. The lowest BCUT2D eigenvalue weighted by atomic mass is 10.3. The summed E-state index contributed by atoms with van der Waals surface area (Å²) in [7, 11) is 0. The van der Waals surface area contributed by atoms with E-state index in [1.807, 2.05) is 18.3 Å². The van der Waals surface area contributed by atoms with Gasteiger partial charge in [0.25, 0.3) is 0 Å². The van der Waals surface area contributed by atoms with Crippen molar-refractivity contribution in [3.8, 4) is 0 Å². The molecule has 3 rings (SSSR count). The van der Waals surface area contributed by atoms with Gasteiger partial charge in [-0.3, -0.25) is 4.98 Å². The number of benzene rings is 1. The summed E-state index contributed by atoms with van der Waals surface area (Å²) in [6.45, 7) is 1.84. The molecule has 0 saturated carbocycles. The third kappa shape index (κ3) is 2.75. The highest BCUT2D eigenvalue weighted by molar-refractivity contribution is 9.09. The average molecular weight is 331 g/mol. The lowest BCUT2D eigenvalue weighted by Crippen LogP contribution is -2.33. The Morgan fingerprint density at radius 3 is 2.75 bits per heavy atom. The minimum Gasteiger partial charge on any atom is -0.257 e. The van der Waals surface area contributed by atoms with Gasteiger partial charge in [-0.15, -0.1) is 0 Å². The van der Waals surface area contributed by atoms with Crippen LogP contribution in [0.1, 0.15) is 12.1 Å². The van der Waals surface area contributed by atoms with Gasteiger partial charge in [0.2, 0.25) is 6.33 Å². The van der Waals surface area contributed by atoms with Gasteiger partial charge in [-0.2, -0.15) is 0 Å². The van der Waals surface area contributed by atoms with Crippen molar-refractivity contribution in [2.45, 2.75) is 19.5 Å². The van der Waals surface area contributed by atoms with Crippen LogP contribution in [0.3, 0.4) is 0 Å². The number of nitrogens with zero attached hydrogens (tertiary/aromatic N) is 3. The van der Waals surface area contributed by atoms with Gasteiger partial charge in [-0.25, -0.2) is 9.13 Å². The number of hydrogen-bond donors (Lipinski definition) is 0. The van der Waals surface area contributed by atoms with Crippen LogP contribution < -0.4 is 4.57 Å². The molecule has 102 valence electrons. The van der Waals surface area contributed by atoms with Gasteiger partial charge >= 0.3 is 0 Å². The molecule has 0 aliphatic heterocycles. The average Bonchev–Trinajstić information content (AvgIpc) is 2.85. The van der Waals surface area contributed by atoms with Gasteiger partial charge in [0.15, 0.2) is 11.0 Å². The molecule has 0 aliphatic rings. The molecule has 0 atom stereocenters. The topological polar surface area (TPSA) is 21.7 Å². The van der Waals surface area contributed by atoms with E-state index in [0.717, 1.165) is 30.5 Å². The first-order valence-corrected chi connectivity index (χ1v) is 7.94. The monoisotopic (exact) mass is 330 g/mol. The predicted octanol–water partition coefficient (Wildman–Crippen LogP) is 3.16. The number of alkyl halides is 1. The lowest BCUT2D eigenvalue weighted by molar-refractivity contribution is -0.663. The molecule has 3 nitrogen and oxygen atoms in total. The second-order valence-corrected chi connectivity index (χ2v) is 5.58. The molecule has 0 saturated heterocycles. The predicted molar refractivity (Wildman–Crippen MR) is 83.9 cm³/mol. The van der Waals surface area contributed by atoms with Crippen LogP contribution in [0, 0.1) is 0 Å². The summed E-state index contributed by atoms with van der Waals surface area (Å²) in [5.41, 5.74) is 3.62. The van der Waals surface area contributed by atoms with E-state index in [0.29, 0.717) is 0 Å². The Morgan fingerprint density at radius 2 is 1.95 bits per heavy atom. The second kappa shape index (κ2) is 6.18. The van der Waals surface area contributed by atoms with Gasteiger partial charge in [-0.1, -0.05) is 34.1 Å². The number of rotatable bonds is 5. The van der Waals surface area contributed by atoms with Crippen LogP contribution in [-0.2, 0) is 13.1 Å². The summed E-state index contributed by atoms with van der Waals surface area (Å²) < 4.78 is 4.59. The maximum absolute atomic E-state index is 4.41. The number of fused-ring (bicyclic) bond motifs is 1. The fourth-order valence-corrected chi connectivity index (χ4v) is 2.69. The molecule has 0 unspecified atom stereocenters. The van der Waals surface area contributed by atoms with Crippen molar-refractivity contribution in [1.82, 2.24) is 9.55 Å². The first kappa shape index (κ1) is 13.3. The maximum Gasteiger partial charge on any atom is 0.245 e. The van der Waals surface area contributed by atoms with Gasteiger partial charge in [0, 0.05) is 11.5 Å². The van der Waals surface area contributed by atoms with Crippen LogP contribution >= 0.6 is 15.9 Å². The third-order valence-electron chi connectivity index (χ3n) is 3.37. The van der Waals surface area contributed by atoms with Crippen molar-refractivity contribution in [2.75, 3.05) is 5.33 Å². The normalized spacial score (nSPS) is 11.1. The van der Waals surface area contributed by atoms with E-state index < -0.39 is 0 Å². The Balaban J connectivity index is 1.98. The molecule has 20 heavy (non-hydrogen) atoms. The van der Waals surface area contributed by atoms with E-state index in [1.54, 1.807) is 0 Å². The van der Waals surface area contributed by atoms with Crippen molar-refractivity contribution in [1.29, 1.82) is 0 Å². The number of aryl methyl sites for hydroxylation is 1. The summed E-state index contributed by atoms with van der Waals surface area (Å²) in [5.74, 6) is 0. The molecule has 1 aromatic carbocycles. The van der Waals surface area contributed by atoms with Crippen molar-refractivity contribution in [2.24, 2.45) is 0 Å².